The number of benzene rings is 1. The van der Waals surface area contributed by atoms with E-state index in [1.807, 2.05) is 12.3 Å². The van der Waals surface area contributed by atoms with E-state index >= 15 is 0 Å². The summed E-state index contributed by atoms with van der Waals surface area (Å²) in [6, 6.07) is 10.4. The standard InChI is InChI=1S/C20H23N3O2/c1-2-18(15-21-7-1)16-3-5-19-17(14-16)4-6-20(22-19)25-13-10-23-8-11-24-12-9-23/h1-7,14-15,20,22H,8-13H2. The molecule has 2 aliphatic heterocycles. The van der Waals surface area contributed by atoms with Crippen molar-refractivity contribution in [2.75, 3.05) is 44.8 Å². The quantitative estimate of drug-likeness (QED) is 0.909. The number of rotatable bonds is 5. The Morgan fingerprint density at radius 3 is 2.96 bits per heavy atom. The van der Waals surface area contributed by atoms with Crippen LogP contribution in [0.25, 0.3) is 17.2 Å². The molecule has 0 amide bonds. The summed E-state index contributed by atoms with van der Waals surface area (Å²) in [6.07, 6.45) is 7.82. The van der Waals surface area contributed by atoms with Crippen LogP contribution in [0.2, 0.25) is 0 Å². The molecule has 1 aromatic heterocycles. The highest BCUT2D eigenvalue weighted by Gasteiger charge is 2.15. The molecule has 130 valence electrons. The molecule has 0 bridgehead atoms. The predicted molar refractivity (Wildman–Crippen MR) is 99.3 cm³/mol. The summed E-state index contributed by atoms with van der Waals surface area (Å²) in [5.41, 5.74) is 4.58. The molecule has 0 radical (unpaired) electrons. The van der Waals surface area contributed by atoms with Gasteiger partial charge < -0.3 is 14.8 Å². The molecular formula is C20H23N3O2. The van der Waals surface area contributed by atoms with Crippen LogP contribution in [0.3, 0.4) is 0 Å². The van der Waals surface area contributed by atoms with E-state index < -0.39 is 0 Å². The fourth-order valence-electron chi connectivity index (χ4n) is 3.17. The molecule has 0 spiro atoms. The summed E-state index contributed by atoms with van der Waals surface area (Å²) < 4.78 is 11.3. The molecule has 0 saturated carbocycles. The second-order valence-corrected chi connectivity index (χ2v) is 6.29. The van der Waals surface area contributed by atoms with Crippen LogP contribution in [0, 0.1) is 0 Å². The topological polar surface area (TPSA) is 46.6 Å². The molecule has 4 rings (SSSR count). The molecule has 25 heavy (non-hydrogen) atoms. The SMILES string of the molecule is C1=CC(OCCN2CCOCC2)Nc2ccc(-c3cccnc3)cc21. The van der Waals surface area contributed by atoms with Gasteiger partial charge in [-0.1, -0.05) is 18.2 Å². The van der Waals surface area contributed by atoms with Gasteiger partial charge in [0, 0.05) is 43.3 Å². The van der Waals surface area contributed by atoms with E-state index in [9.17, 15) is 0 Å². The summed E-state index contributed by atoms with van der Waals surface area (Å²) >= 11 is 0. The van der Waals surface area contributed by atoms with E-state index in [-0.39, 0.29) is 6.23 Å². The highest BCUT2D eigenvalue weighted by atomic mass is 16.5. The molecule has 3 heterocycles. The fourth-order valence-corrected chi connectivity index (χ4v) is 3.17. The summed E-state index contributed by atoms with van der Waals surface area (Å²) in [5, 5.41) is 3.45. The average Bonchev–Trinajstić information content (AvgIpc) is 2.69. The van der Waals surface area contributed by atoms with Gasteiger partial charge in [-0.2, -0.15) is 0 Å². The van der Waals surface area contributed by atoms with E-state index in [4.69, 9.17) is 9.47 Å². The first kappa shape index (κ1) is 16.3. The van der Waals surface area contributed by atoms with Crippen molar-refractivity contribution in [2.45, 2.75) is 6.23 Å². The minimum absolute atomic E-state index is 0.0715. The van der Waals surface area contributed by atoms with Crippen molar-refractivity contribution in [1.82, 2.24) is 9.88 Å². The second-order valence-electron chi connectivity index (χ2n) is 6.29. The smallest absolute Gasteiger partial charge is 0.147 e. The molecule has 2 aliphatic rings. The van der Waals surface area contributed by atoms with Gasteiger partial charge in [0.15, 0.2) is 0 Å². The Morgan fingerprint density at radius 2 is 2.12 bits per heavy atom. The van der Waals surface area contributed by atoms with Gasteiger partial charge in [0.2, 0.25) is 0 Å². The summed E-state index contributed by atoms with van der Waals surface area (Å²) in [6.45, 7) is 5.31. The maximum atomic E-state index is 5.97. The average molecular weight is 337 g/mol. The fraction of sp³-hybridized carbons (Fsp3) is 0.350. The maximum Gasteiger partial charge on any atom is 0.147 e. The van der Waals surface area contributed by atoms with E-state index in [0.29, 0.717) is 6.61 Å². The lowest BCUT2D eigenvalue weighted by atomic mass is 10.0. The van der Waals surface area contributed by atoms with Crippen molar-refractivity contribution in [2.24, 2.45) is 0 Å². The number of hydrogen-bond acceptors (Lipinski definition) is 5. The monoisotopic (exact) mass is 337 g/mol. The van der Waals surface area contributed by atoms with E-state index in [2.05, 4.69) is 51.6 Å². The Labute approximate surface area is 148 Å². The second kappa shape index (κ2) is 7.78. The number of morpholine rings is 1. The van der Waals surface area contributed by atoms with Crippen LogP contribution in [0.1, 0.15) is 5.56 Å². The molecule has 1 unspecified atom stereocenters. The zero-order chi connectivity index (χ0) is 16.9. The van der Waals surface area contributed by atoms with Gasteiger partial charge in [-0.25, -0.2) is 0 Å². The lowest BCUT2D eigenvalue weighted by Gasteiger charge is -2.28. The van der Waals surface area contributed by atoms with Crippen LogP contribution in [-0.4, -0.2) is 55.6 Å². The molecule has 5 nitrogen and oxygen atoms in total. The minimum Gasteiger partial charge on any atom is -0.379 e. The molecule has 1 fully saturated rings. The summed E-state index contributed by atoms with van der Waals surface area (Å²) in [7, 11) is 0. The zero-order valence-electron chi connectivity index (χ0n) is 14.2. The van der Waals surface area contributed by atoms with Crippen molar-refractivity contribution < 1.29 is 9.47 Å². The van der Waals surface area contributed by atoms with Crippen molar-refractivity contribution in [3.63, 3.8) is 0 Å². The number of pyridine rings is 1. The van der Waals surface area contributed by atoms with Gasteiger partial charge >= 0.3 is 0 Å². The van der Waals surface area contributed by atoms with Crippen LogP contribution >= 0.6 is 0 Å². The van der Waals surface area contributed by atoms with Crippen LogP contribution < -0.4 is 5.32 Å². The lowest BCUT2D eigenvalue weighted by molar-refractivity contribution is 0.0152. The van der Waals surface area contributed by atoms with Crippen molar-refractivity contribution in [3.05, 3.63) is 54.4 Å². The number of fused-ring (bicyclic) bond motifs is 1. The Bertz CT molecular complexity index is 727. The Hall–Kier alpha value is -2.21. The van der Waals surface area contributed by atoms with Crippen LogP contribution in [0.5, 0.6) is 0 Å². The first-order valence-electron chi connectivity index (χ1n) is 8.79. The molecule has 1 atom stereocenters. The largest absolute Gasteiger partial charge is 0.379 e. The predicted octanol–water partition coefficient (Wildman–Crippen LogP) is 2.86. The van der Waals surface area contributed by atoms with E-state index in [0.717, 1.165) is 44.1 Å². The van der Waals surface area contributed by atoms with Gasteiger partial charge in [0.25, 0.3) is 0 Å². The van der Waals surface area contributed by atoms with E-state index in [1.54, 1.807) is 6.20 Å². The molecule has 0 aliphatic carbocycles. The number of aromatic nitrogens is 1. The maximum absolute atomic E-state index is 5.97. The first-order valence-corrected chi connectivity index (χ1v) is 8.79. The molecule has 2 aromatic rings. The first-order chi connectivity index (χ1) is 12.4. The Morgan fingerprint density at radius 1 is 1.20 bits per heavy atom. The number of ether oxygens (including phenoxy) is 2. The van der Waals surface area contributed by atoms with Crippen LogP contribution in [-0.2, 0) is 9.47 Å². The molecular weight excluding hydrogens is 314 g/mol. The normalized spacial score (nSPS) is 20.1. The molecule has 5 heteroatoms. The number of hydrogen-bond donors (Lipinski definition) is 1. The highest BCUT2D eigenvalue weighted by Crippen LogP contribution is 2.29. The highest BCUT2D eigenvalue weighted by molar-refractivity contribution is 5.76. The summed E-state index contributed by atoms with van der Waals surface area (Å²) in [4.78, 5) is 6.57. The van der Waals surface area contributed by atoms with Crippen molar-refractivity contribution >= 4 is 11.8 Å². The minimum atomic E-state index is -0.0715. The third kappa shape index (κ3) is 4.07. The number of anilines is 1. The van der Waals surface area contributed by atoms with Crippen LogP contribution in [0.4, 0.5) is 5.69 Å². The third-order valence-electron chi connectivity index (χ3n) is 4.60. The molecule has 1 saturated heterocycles. The van der Waals surface area contributed by atoms with Gasteiger partial charge in [-0.3, -0.25) is 9.88 Å². The van der Waals surface area contributed by atoms with Crippen molar-refractivity contribution in [1.29, 1.82) is 0 Å². The number of nitrogens with one attached hydrogen (secondary N) is 1. The Kier molecular flexibility index (Phi) is 5.06. The third-order valence-corrected chi connectivity index (χ3v) is 4.60. The van der Waals surface area contributed by atoms with Gasteiger partial charge in [-0.05, 0) is 35.4 Å². The van der Waals surface area contributed by atoms with E-state index in [1.165, 1.54) is 11.1 Å². The summed E-state index contributed by atoms with van der Waals surface area (Å²) in [5.74, 6) is 0. The number of nitrogens with zero attached hydrogens (tertiary/aromatic N) is 2. The molecule has 1 N–H and O–H groups in total. The van der Waals surface area contributed by atoms with Gasteiger partial charge in [-0.15, -0.1) is 0 Å². The Balaban J connectivity index is 1.35. The van der Waals surface area contributed by atoms with Crippen molar-refractivity contribution in [3.8, 4) is 11.1 Å². The molecule has 1 aromatic carbocycles. The lowest BCUT2D eigenvalue weighted by Crippen LogP contribution is -2.39. The van der Waals surface area contributed by atoms with Gasteiger partial charge in [0.05, 0.1) is 19.8 Å². The van der Waals surface area contributed by atoms with Crippen LogP contribution in [0.15, 0.2) is 48.8 Å². The zero-order valence-corrected chi connectivity index (χ0v) is 14.2. The van der Waals surface area contributed by atoms with Gasteiger partial charge in [0.1, 0.15) is 6.23 Å².